The minimum atomic E-state index is -0.204. The van der Waals surface area contributed by atoms with Crippen molar-refractivity contribution in [3.63, 3.8) is 0 Å². The highest BCUT2D eigenvalue weighted by atomic mass is 35.5. The first-order valence-corrected chi connectivity index (χ1v) is 10.3. The molecule has 1 N–H and O–H groups in total. The molecule has 154 valence electrons. The van der Waals surface area contributed by atoms with Gasteiger partial charge in [-0.3, -0.25) is 0 Å². The highest BCUT2D eigenvalue weighted by Crippen LogP contribution is 2.37. The summed E-state index contributed by atoms with van der Waals surface area (Å²) in [6, 6.07) is 17.2. The predicted molar refractivity (Wildman–Crippen MR) is 121 cm³/mol. The van der Waals surface area contributed by atoms with Crippen molar-refractivity contribution >= 4 is 34.5 Å². The fourth-order valence-electron chi connectivity index (χ4n) is 3.48. The Morgan fingerprint density at radius 3 is 2.73 bits per heavy atom. The number of nitrogens with zero attached hydrogens (tertiary/aromatic N) is 3. The van der Waals surface area contributed by atoms with Crippen LogP contribution in [0.25, 0.3) is 17.0 Å². The summed E-state index contributed by atoms with van der Waals surface area (Å²) in [5.41, 5.74) is 3.68. The van der Waals surface area contributed by atoms with Crippen LogP contribution in [0, 0.1) is 0 Å². The zero-order valence-corrected chi connectivity index (χ0v) is 18.2. The third-order valence-electron chi connectivity index (χ3n) is 4.99. The predicted octanol–water partition coefficient (Wildman–Crippen LogP) is 4.70. The molecule has 2 heterocycles. The van der Waals surface area contributed by atoms with Gasteiger partial charge in [0, 0.05) is 29.9 Å². The Balaban J connectivity index is 1.79. The zero-order chi connectivity index (χ0) is 21.1. The minimum absolute atomic E-state index is 0.204. The maximum Gasteiger partial charge on any atom is 0.258 e. The zero-order valence-electron chi connectivity index (χ0n) is 16.6. The quantitative estimate of drug-likeness (QED) is 0.557. The van der Waals surface area contributed by atoms with Crippen LogP contribution in [0.1, 0.15) is 24.4 Å². The molecule has 0 saturated carbocycles. The summed E-state index contributed by atoms with van der Waals surface area (Å²) in [5.74, 6) is 0.921. The molecule has 1 unspecified atom stereocenters. The number of methoxy groups -OCH3 is 1. The lowest BCUT2D eigenvalue weighted by Gasteiger charge is -2.37. The number of aromatic nitrogens is 2. The van der Waals surface area contributed by atoms with Crippen LogP contribution >= 0.6 is 23.8 Å². The Morgan fingerprint density at radius 1 is 1.20 bits per heavy atom. The van der Waals surface area contributed by atoms with Gasteiger partial charge in [0.15, 0.2) is 5.11 Å². The van der Waals surface area contributed by atoms with E-state index in [4.69, 9.17) is 33.1 Å². The van der Waals surface area contributed by atoms with E-state index >= 15 is 0 Å². The van der Waals surface area contributed by atoms with Crippen LogP contribution in [0.3, 0.4) is 0 Å². The van der Waals surface area contributed by atoms with Crippen LogP contribution in [0.2, 0.25) is 5.02 Å². The van der Waals surface area contributed by atoms with Gasteiger partial charge in [-0.1, -0.05) is 59.2 Å². The highest BCUT2D eigenvalue weighted by molar-refractivity contribution is 7.80. The highest BCUT2D eigenvalue weighted by Gasteiger charge is 2.33. The summed E-state index contributed by atoms with van der Waals surface area (Å²) in [5, 5.41) is 8.87. The molecule has 4 rings (SSSR count). The molecule has 30 heavy (non-hydrogen) atoms. The summed E-state index contributed by atoms with van der Waals surface area (Å²) in [4.78, 5) is 6.67. The molecule has 3 aromatic rings. The monoisotopic (exact) mass is 440 g/mol. The lowest BCUT2D eigenvalue weighted by atomic mass is 9.95. The summed E-state index contributed by atoms with van der Waals surface area (Å²) >= 11 is 11.8. The molecular formula is C22H21ClN4O2S. The van der Waals surface area contributed by atoms with Crippen molar-refractivity contribution in [1.82, 2.24) is 20.4 Å². The second-order valence-electron chi connectivity index (χ2n) is 6.87. The molecular weight excluding hydrogens is 420 g/mol. The van der Waals surface area contributed by atoms with Gasteiger partial charge in [-0.25, -0.2) is 0 Å². The van der Waals surface area contributed by atoms with Gasteiger partial charge in [0.25, 0.3) is 5.89 Å². The fraction of sp³-hybridized carbons (Fsp3) is 0.227. The molecule has 1 aliphatic rings. The van der Waals surface area contributed by atoms with Gasteiger partial charge in [-0.05, 0) is 36.8 Å². The molecule has 0 saturated heterocycles. The van der Waals surface area contributed by atoms with Crippen molar-refractivity contribution in [2.24, 2.45) is 0 Å². The number of allylic oxidation sites excluding steroid dienone is 1. The second-order valence-corrected chi connectivity index (χ2v) is 7.69. The molecule has 1 atom stereocenters. The lowest BCUT2D eigenvalue weighted by molar-refractivity contribution is 0.183. The van der Waals surface area contributed by atoms with E-state index in [2.05, 4.69) is 15.5 Å². The van der Waals surface area contributed by atoms with E-state index in [1.807, 2.05) is 66.4 Å². The number of nitrogens with one attached hydrogen (secondary N) is 1. The SMILES string of the molecule is COCCN1C(=S)NC(c2ccccc2)C(c2nc(-c3cccc(Cl)c3)no2)=C1C. The molecule has 1 aliphatic heterocycles. The Labute approximate surface area is 185 Å². The Bertz CT molecular complexity index is 1080. The number of ether oxygens (including phenoxy) is 1. The molecule has 0 radical (unpaired) electrons. The summed E-state index contributed by atoms with van der Waals surface area (Å²) in [6.07, 6.45) is 0. The van der Waals surface area contributed by atoms with Gasteiger partial charge in [-0.15, -0.1) is 0 Å². The van der Waals surface area contributed by atoms with E-state index in [1.54, 1.807) is 7.11 Å². The van der Waals surface area contributed by atoms with E-state index < -0.39 is 0 Å². The number of halogens is 1. The van der Waals surface area contributed by atoms with Gasteiger partial charge in [0.1, 0.15) is 0 Å². The Hall–Kier alpha value is -2.74. The molecule has 0 amide bonds. The topological polar surface area (TPSA) is 63.4 Å². The number of hydrogen-bond donors (Lipinski definition) is 1. The first-order valence-electron chi connectivity index (χ1n) is 9.51. The lowest BCUT2D eigenvalue weighted by Crippen LogP contribution is -2.47. The van der Waals surface area contributed by atoms with Crippen molar-refractivity contribution < 1.29 is 9.26 Å². The van der Waals surface area contributed by atoms with Gasteiger partial charge in [-0.2, -0.15) is 4.98 Å². The van der Waals surface area contributed by atoms with E-state index in [1.165, 1.54) is 0 Å². The average Bonchev–Trinajstić information content (AvgIpc) is 3.23. The van der Waals surface area contributed by atoms with Crippen molar-refractivity contribution in [1.29, 1.82) is 0 Å². The minimum Gasteiger partial charge on any atom is -0.383 e. The van der Waals surface area contributed by atoms with Crippen LogP contribution in [-0.2, 0) is 4.74 Å². The van der Waals surface area contributed by atoms with Gasteiger partial charge in [0.05, 0.1) is 18.2 Å². The smallest absolute Gasteiger partial charge is 0.258 e. The molecule has 2 aromatic carbocycles. The van der Waals surface area contributed by atoms with E-state index in [0.717, 1.165) is 22.4 Å². The van der Waals surface area contributed by atoms with Crippen molar-refractivity contribution in [3.05, 3.63) is 76.8 Å². The maximum absolute atomic E-state index is 6.12. The van der Waals surface area contributed by atoms with E-state index in [0.29, 0.717) is 35.0 Å². The van der Waals surface area contributed by atoms with Crippen LogP contribution < -0.4 is 5.32 Å². The van der Waals surface area contributed by atoms with Crippen LogP contribution in [0.5, 0.6) is 0 Å². The van der Waals surface area contributed by atoms with Crippen molar-refractivity contribution in [2.45, 2.75) is 13.0 Å². The first-order chi connectivity index (χ1) is 14.6. The molecule has 8 heteroatoms. The normalized spacial score (nSPS) is 16.7. The second kappa shape index (κ2) is 8.95. The van der Waals surface area contributed by atoms with Crippen LogP contribution in [0.15, 0.2) is 64.8 Å². The molecule has 0 spiro atoms. The van der Waals surface area contributed by atoms with Gasteiger partial charge >= 0.3 is 0 Å². The number of benzene rings is 2. The molecule has 0 aliphatic carbocycles. The van der Waals surface area contributed by atoms with Gasteiger partial charge in [0.2, 0.25) is 5.82 Å². The van der Waals surface area contributed by atoms with Gasteiger partial charge < -0.3 is 19.5 Å². The first kappa shape index (κ1) is 20.5. The maximum atomic E-state index is 6.12. The third-order valence-corrected chi connectivity index (χ3v) is 5.56. The summed E-state index contributed by atoms with van der Waals surface area (Å²) in [6.45, 7) is 3.17. The van der Waals surface area contributed by atoms with Crippen molar-refractivity contribution in [3.8, 4) is 11.4 Å². The molecule has 0 fully saturated rings. The van der Waals surface area contributed by atoms with Crippen LogP contribution in [0.4, 0.5) is 0 Å². The number of hydrogen-bond acceptors (Lipinski definition) is 5. The molecule has 0 bridgehead atoms. The largest absolute Gasteiger partial charge is 0.383 e. The van der Waals surface area contributed by atoms with E-state index in [-0.39, 0.29) is 6.04 Å². The summed E-state index contributed by atoms with van der Waals surface area (Å²) < 4.78 is 11.0. The van der Waals surface area contributed by atoms with Crippen LogP contribution in [-0.4, -0.2) is 40.4 Å². The third kappa shape index (κ3) is 4.09. The number of rotatable bonds is 6. The van der Waals surface area contributed by atoms with Crippen molar-refractivity contribution in [2.75, 3.05) is 20.3 Å². The summed E-state index contributed by atoms with van der Waals surface area (Å²) in [7, 11) is 1.67. The number of thiocarbonyl (C=S) groups is 1. The Kier molecular flexibility index (Phi) is 6.13. The molecule has 1 aromatic heterocycles. The standard InChI is InChI=1S/C22H21ClN4O2S/c1-14-18(21-25-20(26-29-21)16-9-6-10-17(23)13-16)19(15-7-4-3-5-8-15)24-22(30)27(14)11-12-28-2/h3-10,13,19H,11-12H2,1-2H3,(H,24,30). The molecule has 6 nitrogen and oxygen atoms in total. The Morgan fingerprint density at radius 2 is 2.00 bits per heavy atom. The fourth-order valence-corrected chi connectivity index (χ4v) is 4.02. The average molecular weight is 441 g/mol. The van der Waals surface area contributed by atoms with E-state index in [9.17, 15) is 0 Å².